The lowest BCUT2D eigenvalue weighted by Gasteiger charge is -2.47. The van der Waals surface area contributed by atoms with Crippen molar-refractivity contribution in [3.63, 3.8) is 0 Å². The van der Waals surface area contributed by atoms with Crippen LogP contribution in [0.5, 0.6) is 0 Å². The Morgan fingerprint density at radius 2 is 1.12 bits per heavy atom. The third-order valence-electron chi connectivity index (χ3n) is 9.39. The van der Waals surface area contributed by atoms with Gasteiger partial charge in [-0.15, -0.1) is 0 Å². The Morgan fingerprint density at radius 3 is 1.62 bits per heavy atom. The molecule has 282 valence electrons. The van der Waals surface area contributed by atoms with Gasteiger partial charge in [0, 0.05) is 0 Å². The predicted octanol–water partition coefficient (Wildman–Crippen LogP) is 6.44. The van der Waals surface area contributed by atoms with Gasteiger partial charge in [0.15, 0.2) is 30.3 Å². The second-order valence-electron chi connectivity index (χ2n) is 14.3. The average Bonchev–Trinajstić information content (AvgIpc) is 3.74. The molecule has 0 aromatic heterocycles. The van der Waals surface area contributed by atoms with E-state index in [4.69, 9.17) is 47.4 Å². The van der Waals surface area contributed by atoms with E-state index in [9.17, 15) is 0 Å². The Kier molecular flexibility index (Phi) is 11.1. The lowest BCUT2D eigenvalue weighted by molar-refractivity contribution is -0.381. The second kappa shape index (κ2) is 15.4. The third-order valence-corrected chi connectivity index (χ3v) is 9.39. The Labute approximate surface area is 301 Å². The molecule has 3 aromatic carbocycles. The summed E-state index contributed by atoms with van der Waals surface area (Å²) in [7, 11) is 0. The number of rotatable bonds is 12. The molecule has 4 aliphatic rings. The molecule has 0 spiro atoms. The fraction of sp³-hybridized carbons (Fsp3) is 0.538. The minimum Gasteiger partial charge on any atom is -0.368 e. The molecule has 0 unspecified atom stereocenters. The van der Waals surface area contributed by atoms with Crippen molar-refractivity contribution in [2.24, 2.45) is 0 Å². The summed E-state index contributed by atoms with van der Waals surface area (Å²) in [5.41, 5.74) is 2.23. The number of alkyl halides is 3. The molecule has 10 atom stereocenters. The Hall–Kier alpha value is -2.95. The summed E-state index contributed by atoms with van der Waals surface area (Å²) >= 11 is 0. The first-order chi connectivity index (χ1) is 24.9. The zero-order valence-corrected chi connectivity index (χ0v) is 29.5. The molecule has 0 aliphatic carbocycles. The summed E-state index contributed by atoms with van der Waals surface area (Å²) in [6, 6.07) is 27.4. The van der Waals surface area contributed by atoms with Crippen LogP contribution in [0.2, 0.25) is 0 Å². The van der Waals surface area contributed by atoms with E-state index in [-0.39, 0.29) is 26.4 Å². The number of hydrogen-bond acceptors (Lipinski definition) is 10. The third kappa shape index (κ3) is 8.71. The minimum absolute atomic E-state index is 0.0213. The van der Waals surface area contributed by atoms with Gasteiger partial charge < -0.3 is 47.4 Å². The van der Waals surface area contributed by atoms with Crippen molar-refractivity contribution < 1.29 is 60.5 Å². The Morgan fingerprint density at radius 1 is 0.596 bits per heavy atom. The van der Waals surface area contributed by atoms with Gasteiger partial charge in [-0.2, -0.15) is 13.2 Å². The Bertz CT molecular complexity index is 1580. The second-order valence-corrected chi connectivity index (χ2v) is 14.3. The number of ether oxygens (including phenoxy) is 10. The predicted molar refractivity (Wildman–Crippen MR) is 178 cm³/mol. The molecule has 0 bridgehead atoms. The summed E-state index contributed by atoms with van der Waals surface area (Å²) in [6.07, 6.45) is -17.3. The molecular formula is C39H45F3O10. The van der Waals surface area contributed by atoms with Crippen molar-refractivity contribution in [3.05, 3.63) is 108 Å². The van der Waals surface area contributed by atoms with Gasteiger partial charge in [0.2, 0.25) is 0 Å². The molecular weight excluding hydrogens is 685 g/mol. The normalized spacial score (nSPS) is 34.0. The van der Waals surface area contributed by atoms with E-state index in [2.05, 4.69) is 0 Å². The monoisotopic (exact) mass is 730 g/mol. The van der Waals surface area contributed by atoms with Crippen LogP contribution in [-0.4, -0.2) is 85.8 Å². The van der Waals surface area contributed by atoms with Crippen LogP contribution in [0.3, 0.4) is 0 Å². The highest BCUT2D eigenvalue weighted by molar-refractivity contribution is 5.16. The highest BCUT2D eigenvalue weighted by Gasteiger charge is 2.63. The van der Waals surface area contributed by atoms with Gasteiger partial charge in [0.05, 0.1) is 26.4 Å². The molecule has 10 nitrogen and oxygen atoms in total. The maximum atomic E-state index is 15.2. The van der Waals surface area contributed by atoms with Crippen molar-refractivity contribution in [2.75, 3.05) is 6.61 Å². The summed E-state index contributed by atoms with van der Waals surface area (Å²) in [5, 5.41) is 0. The van der Waals surface area contributed by atoms with Crippen LogP contribution in [0.1, 0.15) is 44.4 Å². The Balaban J connectivity index is 1.25. The molecule has 0 N–H and O–H groups in total. The quantitative estimate of drug-likeness (QED) is 0.207. The van der Waals surface area contributed by atoms with Gasteiger partial charge in [-0.25, -0.2) is 0 Å². The van der Waals surface area contributed by atoms with Crippen molar-refractivity contribution >= 4 is 0 Å². The van der Waals surface area contributed by atoms with Gasteiger partial charge in [-0.1, -0.05) is 91.0 Å². The van der Waals surface area contributed by atoms with Gasteiger partial charge >= 0.3 is 6.18 Å². The molecule has 4 aliphatic heterocycles. The van der Waals surface area contributed by atoms with E-state index in [0.717, 1.165) is 11.1 Å². The van der Waals surface area contributed by atoms with Gasteiger partial charge in [-0.3, -0.25) is 0 Å². The molecule has 7 rings (SSSR count). The molecule has 0 radical (unpaired) electrons. The average molecular weight is 731 g/mol. The van der Waals surface area contributed by atoms with E-state index >= 15 is 13.2 Å². The topological polar surface area (TPSA) is 92.3 Å². The highest BCUT2D eigenvalue weighted by Crippen LogP contribution is 2.45. The first kappa shape index (κ1) is 37.4. The molecule has 0 amide bonds. The SMILES string of the molecule is CC1(C)O[C@H]2O[C@H]([C@H]3COC(C)(C)O3)[C@H](O[C@H]3O[C@@H](C(F)(F)F)[C@H](OCc4ccccc4)[C@@H](OCc4ccccc4)[C@H]3OCc3ccccc3)[C@H]2O1. The fourth-order valence-electron chi connectivity index (χ4n) is 7.02. The highest BCUT2D eigenvalue weighted by atomic mass is 19.4. The lowest BCUT2D eigenvalue weighted by atomic mass is 9.96. The van der Waals surface area contributed by atoms with Crippen molar-refractivity contribution in [1.82, 2.24) is 0 Å². The molecule has 13 heteroatoms. The van der Waals surface area contributed by atoms with Crippen molar-refractivity contribution in [1.29, 1.82) is 0 Å². The zero-order chi connectivity index (χ0) is 36.5. The van der Waals surface area contributed by atoms with Gasteiger partial charge in [0.25, 0.3) is 0 Å². The summed E-state index contributed by atoms with van der Waals surface area (Å²) in [5.74, 6) is -1.96. The van der Waals surface area contributed by atoms with Crippen LogP contribution in [0.4, 0.5) is 13.2 Å². The van der Waals surface area contributed by atoms with Gasteiger partial charge in [0.1, 0.15) is 42.7 Å². The molecule has 4 fully saturated rings. The van der Waals surface area contributed by atoms with Gasteiger partial charge in [-0.05, 0) is 44.4 Å². The number of fused-ring (bicyclic) bond motifs is 1. The minimum atomic E-state index is -4.88. The van der Waals surface area contributed by atoms with Crippen LogP contribution in [-0.2, 0) is 67.2 Å². The molecule has 0 saturated carbocycles. The lowest BCUT2D eigenvalue weighted by Crippen LogP contribution is -2.65. The fourth-order valence-corrected chi connectivity index (χ4v) is 7.02. The number of benzene rings is 3. The van der Waals surface area contributed by atoms with Crippen LogP contribution in [0.25, 0.3) is 0 Å². The number of hydrogen-bond donors (Lipinski definition) is 0. The van der Waals surface area contributed by atoms with Crippen molar-refractivity contribution in [2.45, 2.75) is 127 Å². The van der Waals surface area contributed by atoms with Crippen LogP contribution in [0, 0.1) is 0 Å². The van der Waals surface area contributed by atoms with E-state index < -0.39 is 79.2 Å². The van der Waals surface area contributed by atoms with Crippen molar-refractivity contribution in [3.8, 4) is 0 Å². The van der Waals surface area contributed by atoms with Crippen LogP contribution >= 0.6 is 0 Å². The van der Waals surface area contributed by atoms with Crippen LogP contribution in [0.15, 0.2) is 91.0 Å². The summed E-state index contributed by atoms with van der Waals surface area (Å²) in [6.45, 7) is 7.03. The van der Waals surface area contributed by atoms with E-state index in [1.807, 2.05) is 66.7 Å². The zero-order valence-electron chi connectivity index (χ0n) is 29.5. The standard InChI is InChI=1S/C39H45F3O10/c1-37(2)46-23-27(50-37)28-30(33-36(47-28)52-38(3,4)51-33)48-35-32(45-22-26-18-12-7-13-19-26)29(43-20-24-14-8-5-9-15-24)31(34(49-35)39(40,41)42)44-21-25-16-10-6-11-17-25/h5-19,27-36H,20-23H2,1-4H3/t27-,28-,29-,30+,31-,32-,33-,34-,35+,36-/m1/s1. The summed E-state index contributed by atoms with van der Waals surface area (Å²) in [4.78, 5) is 0. The molecule has 52 heavy (non-hydrogen) atoms. The smallest absolute Gasteiger partial charge is 0.368 e. The maximum Gasteiger partial charge on any atom is 0.417 e. The summed E-state index contributed by atoms with van der Waals surface area (Å²) < 4.78 is 108. The van der Waals surface area contributed by atoms with E-state index in [1.165, 1.54) is 0 Å². The molecule has 3 aromatic rings. The maximum absolute atomic E-state index is 15.2. The molecule has 4 saturated heterocycles. The number of halogens is 3. The van der Waals surface area contributed by atoms with Crippen LogP contribution < -0.4 is 0 Å². The largest absolute Gasteiger partial charge is 0.417 e. The van der Waals surface area contributed by atoms with E-state index in [0.29, 0.717) is 5.56 Å². The first-order valence-corrected chi connectivity index (χ1v) is 17.5. The molecule has 4 heterocycles. The van der Waals surface area contributed by atoms with E-state index in [1.54, 1.807) is 52.0 Å². The first-order valence-electron chi connectivity index (χ1n) is 17.5.